The Morgan fingerprint density at radius 3 is 3.07 bits per heavy atom. The maximum Gasteiger partial charge on any atom is 0.326 e. The molecule has 0 unspecified atom stereocenters. The van der Waals surface area contributed by atoms with Crippen molar-refractivity contribution in [1.82, 2.24) is 4.90 Å². The Kier molecular flexibility index (Phi) is 5.20. The van der Waals surface area contributed by atoms with Crippen molar-refractivity contribution in [2.45, 2.75) is 0 Å². The number of methoxy groups -OCH3 is 1. The van der Waals surface area contributed by atoms with Crippen molar-refractivity contribution in [2.24, 2.45) is 0 Å². The van der Waals surface area contributed by atoms with Gasteiger partial charge < -0.3 is 14.4 Å². The van der Waals surface area contributed by atoms with Crippen molar-refractivity contribution >= 4 is 23.6 Å². The molecule has 0 aliphatic carbocycles. The SMILES string of the molecule is COCCOC(=O)CN1C=CSCC1=O. The van der Waals surface area contributed by atoms with Crippen LogP contribution in [0.2, 0.25) is 0 Å². The Balaban J connectivity index is 2.27. The zero-order chi connectivity index (χ0) is 11.1. The highest BCUT2D eigenvalue weighted by atomic mass is 32.2. The monoisotopic (exact) mass is 231 g/mol. The van der Waals surface area contributed by atoms with E-state index in [4.69, 9.17) is 9.47 Å². The van der Waals surface area contributed by atoms with Crippen LogP contribution in [0.3, 0.4) is 0 Å². The number of esters is 1. The lowest BCUT2D eigenvalue weighted by Gasteiger charge is -2.19. The average Bonchev–Trinajstić information content (AvgIpc) is 2.22. The van der Waals surface area contributed by atoms with E-state index in [9.17, 15) is 9.59 Å². The molecule has 0 aromatic carbocycles. The number of carbonyl (C=O) groups is 2. The van der Waals surface area contributed by atoms with Crippen LogP contribution in [-0.4, -0.2) is 49.4 Å². The summed E-state index contributed by atoms with van der Waals surface area (Å²) in [7, 11) is 1.53. The molecule has 0 aromatic rings. The second-order valence-corrected chi connectivity index (χ2v) is 3.73. The fourth-order valence-electron chi connectivity index (χ4n) is 0.966. The van der Waals surface area contributed by atoms with Crippen LogP contribution in [0.25, 0.3) is 0 Å². The summed E-state index contributed by atoms with van der Waals surface area (Å²) in [5.74, 6) is -0.120. The lowest BCUT2D eigenvalue weighted by Crippen LogP contribution is -2.35. The van der Waals surface area contributed by atoms with E-state index in [-0.39, 0.29) is 19.1 Å². The fourth-order valence-corrected chi connectivity index (χ4v) is 1.60. The van der Waals surface area contributed by atoms with Gasteiger partial charge in [-0.05, 0) is 5.41 Å². The molecule has 0 N–H and O–H groups in total. The third-order valence-electron chi connectivity index (χ3n) is 1.71. The van der Waals surface area contributed by atoms with Gasteiger partial charge in [-0.15, -0.1) is 11.8 Å². The summed E-state index contributed by atoms with van der Waals surface area (Å²) in [6, 6.07) is 0. The van der Waals surface area contributed by atoms with Crippen LogP contribution in [0.4, 0.5) is 0 Å². The molecule has 0 radical (unpaired) electrons. The van der Waals surface area contributed by atoms with Crippen LogP contribution in [0, 0.1) is 0 Å². The predicted molar refractivity (Wildman–Crippen MR) is 56.1 cm³/mol. The van der Waals surface area contributed by atoms with E-state index in [1.165, 1.54) is 23.8 Å². The fraction of sp³-hybridized carbons (Fsp3) is 0.556. The topological polar surface area (TPSA) is 55.8 Å². The minimum atomic E-state index is -0.419. The summed E-state index contributed by atoms with van der Waals surface area (Å²) in [6.45, 7) is 0.556. The highest BCUT2D eigenvalue weighted by Gasteiger charge is 2.17. The van der Waals surface area contributed by atoms with Gasteiger partial charge in [0, 0.05) is 13.3 Å². The maximum absolute atomic E-state index is 11.3. The lowest BCUT2D eigenvalue weighted by molar-refractivity contribution is -0.148. The van der Waals surface area contributed by atoms with Crippen LogP contribution in [0.15, 0.2) is 11.6 Å². The van der Waals surface area contributed by atoms with Crippen molar-refractivity contribution in [1.29, 1.82) is 0 Å². The Bertz CT molecular complexity index is 267. The van der Waals surface area contributed by atoms with Gasteiger partial charge in [0.1, 0.15) is 13.2 Å². The van der Waals surface area contributed by atoms with Gasteiger partial charge in [-0.2, -0.15) is 0 Å². The van der Waals surface area contributed by atoms with Crippen LogP contribution in [-0.2, 0) is 19.1 Å². The molecule has 5 nitrogen and oxygen atoms in total. The first-order valence-electron chi connectivity index (χ1n) is 4.46. The van der Waals surface area contributed by atoms with Crippen LogP contribution in [0.5, 0.6) is 0 Å². The van der Waals surface area contributed by atoms with E-state index in [1.54, 1.807) is 11.6 Å². The van der Waals surface area contributed by atoms with Crippen molar-refractivity contribution in [3.8, 4) is 0 Å². The third-order valence-corrected chi connectivity index (χ3v) is 2.44. The Morgan fingerprint density at radius 2 is 2.40 bits per heavy atom. The number of hydrogen-bond donors (Lipinski definition) is 0. The van der Waals surface area contributed by atoms with Crippen LogP contribution < -0.4 is 0 Å². The van der Waals surface area contributed by atoms with E-state index >= 15 is 0 Å². The van der Waals surface area contributed by atoms with Crippen molar-refractivity contribution < 1.29 is 19.1 Å². The summed E-state index contributed by atoms with van der Waals surface area (Å²) in [6.07, 6.45) is 1.59. The van der Waals surface area contributed by atoms with Crippen molar-refractivity contribution in [2.75, 3.05) is 32.6 Å². The molecular formula is C9H13NO4S. The number of amides is 1. The molecule has 84 valence electrons. The molecule has 0 aromatic heterocycles. The molecule has 1 aliphatic rings. The van der Waals surface area contributed by atoms with Gasteiger partial charge >= 0.3 is 5.97 Å². The number of ether oxygens (including phenoxy) is 2. The quantitative estimate of drug-likeness (QED) is 0.500. The Morgan fingerprint density at radius 1 is 1.60 bits per heavy atom. The van der Waals surface area contributed by atoms with Gasteiger partial charge in [0.2, 0.25) is 5.91 Å². The lowest BCUT2D eigenvalue weighted by atomic mass is 10.5. The molecule has 0 saturated heterocycles. The molecular weight excluding hydrogens is 218 g/mol. The van der Waals surface area contributed by atoms with Gasteiger partial charge in [0.25, 0.3) is 0 Å². The largest absolute Gasteiger partial charge is 0.462 e. The average molecular weight is 231 g/mol. The Labute approximate surface area is 92.4 Å². The standard InChI is InChI=1S/C9H13NO4S/c1-13-3-4-14-9(12)6-10-2-5-15-7-8(10)11/h2,5H,3-4,6-7H2,1H3. The molecule has 0 saturated carbocycles. The molecule has 0 fully saturated rings. The van der Waals surface area contributed by atoms with E-state index in [0.29, 0.717) is 12.4 Å². The first kappa shape index (κ1) is 12.1. The van der Waals surface area contributed by atoms with E-state index < -0.39 is 5.97 Å². The number of nitrogens with zero attached hydrogens (tertiary/aromatic N) is 1. The first-order valence-corrected chi connectivity index (χ1v) is 5.51. The van der Waals surface area contributed by atoms with E-state index in [1.807, 2.05) is 0 Å². The molecule has 1 heterocycles. The highest BCUT2D eigenvalue weighted by molar-refractivity contribution is 8.02. The van der Waals surface area contributed by atoms with E-state index in [0.717, 1.165) is 0 Å². The molecule has 6 heteroatoms. The highest BCUT2D eigenvalue weighted by Crippen LogP contribution is 2.11. The molecule has 0 atom stereocenters. The van der Waals surface area contributed by atoms with Gasteiger partial charge in [0.15, 0.2) is 0 Å². The van der Waals surface area contributed by atoms with Gasteiger partial charge in [-0.25, -0.2) is 0 Å². The maximum atomic E-state index is 11.3. The predicted octanol–water partition coefficient (Wildman–Crippen LogP) is 0.223. The van der Waals surface area contributed by atoms with Crippen molar-refractivity contribution in [3.05, 3.63) is 11.6 Å². The van der Waals surface area contributed by atoms with E-state index in [2.05, 4.69) is 0 Å². The molecule has 0 bridgehead atoms. The molecule has 1 aliphatic heterocycles. The molecule has 1 amide bonds. The van der Waals surface area contributed by atoms with Gasteiger partial charge in [-0.1, -0.05) is 0 Å². The number of hydrogen-bond acceptors (Lipinski definition) is 5. The summed E-state index contributed by atoms with van der Waals surface area (Å²) in [4.78, 5) is 23.9. The summed E-state index contributed by atoms with van der Waals surface area (Å²) in [5.41, 5.74) is 0. The van der Waals surface area contributed by atoms with Crippen LogP contribution >= 0.6 is 11.8 Å². The molecule has 15 heavy (non-hydrogen) atoms. The minimum absolute atomic E-state index is 0.0282. The second kappa shape index (κ2) is 6.47. The second-order valence-electron chi connectivity index (χ2n) is 2.83. The molecule has 0 spiro atoms. The Hall–Kier alpha value is -1.01. The minimum Gasteiger partial charge on any atom is -0.462 e. The number of rotatable bonds is 5. The normalized spacial score (nSPS) is 15.5. The zero-order valence-electron chi connectivity index (χ0n) is 8.47. The van der Waals surface area contributed by atoms with Crippen molar-refractivity contribution in [3.63, 3.8) is 0 Å². The van der Waals surface area contributed by atoms with Gasteiger partial charge in [-0.3, -0.25) is 9.59 Å². The zero-order valence-corrected chi connectivity index (χ0v) is 9.29. The van der Waals surface area contributed by atoms with Gasteiger partial charge in [0.05, 0.1) is 12.4 Å². The molecule has 1 rings (SSSR count). The summed E-state index contributed by atoms with van der Waals surface area (Å²) in [5, 5.41) is 1.78. The first-order chi connectivity index (χ1) is 7.24. The number of carbonyl (C=O) groups excluding carboxylic acids is 2. The van der Waals surface area contributed by atoms with Crippen LogP contribution in [0.1, 0.15) is 0 Å². The summed E-state index contributed by atoms with van der Waals surface area (Å²) < 4.78 is 9.56. The summed E-state index contributed by atoms with van der Waals surface area (Å²) >= 11 is 1.41. The smallest absolute Gasteiger partial charge is 0.326 e. The number of thioether (sulfide) groups is 1. The third kappa shape index (κ3) is 4.35.